The van der Waals surface area contributed by atoms with Gasteiger partial charge in [-0.05, 0) is 38.7 Å². The van der Waals surface area contributed by atoms with E-state index in [1.807, 2.05) is 17.1 Å². The third kappa shape index (κ3) is 2.83. The molecular weight excluding hydrogens is 352 g/mol. The summed E-state index contributed by atoms with van der Waals surface area (Å²) in [6.45, 7) is 2.87. The molecule has 2 aliphatic carbocycles. The number of anilines is 1. The molecule has 0 bridgehead atoms. The maximum Gasteiger partial charge on any atom is 0.159 e. The van der Waals surface area contributed by atoms with Gasteiger partial charge in [0.2, 0.25) is 0 Å². The summed E-state index contributed by atoms with van der Waals surface area (Å²) in [6.07, 6.45) is 13.7. The number of nitriles is 1. The molecular formula is C21H26N6O. The highest BCUT2D eigenvalue weighted by Crippen LogP contribution is 2.46. The lowest BCUT2D eigenvalue weighted by atomic mass is 9.71. The van der Waals surface area contributed by atoms with Gasteiger partial charge in [-0.1, -0.05) is 19.3 Å². The fourth-order valence-corrected chi connectivity index (χ4v) is 4.75. The van der Waals surface area contributed by atoms with Crippen LogP contribution in [0.4, 0.5) is 5.69 Å². The smallest absolute Gasteiger partial charge is 0.159 e. The highest BCUT2D eigenvalue weighted by atomic mass is 16.7. The summed E-state index contributed by atoms with van der Waals surface area (Å²) < 4.78 is 1.93. The number of nitrogens with one attached hydrogen (secondary N) is 2. The Hall–Kier alpha value is -2.59. The Bertz CT molecular complexity index is 959. The van der Waals surface area contributed by atoms with Crippen molar-refractivity contribution in [3.63, 3.8) is 0 Å². The molecule has 1 spiro atoms. The lowest BCUT2D eigenvalue weighted by molar-refractivity contribution is -0.0982. The summed E-state index contributed by atoms with van der Waals surface area (Å²) >= 11 is 0. The van der Waals surface area contributed by atoms with E-state index in [4.69, 9.17) is 15.1 Å². The molecule has 7 nitrogen and oxygen atoms in total. The van der Waals surface area contributed by atoms with Crippen LogP contribution in [-0.4, -0.2) is 26.4 Å². The van der Waals surface area contributed by atoms with Crippen LogP contribution in [0.25, 0.3) is 16.7 Å². The van der Waals surface area contributed by atoms with Gasteiger partial charge in [-0.25, -0.2) is 9.67 Å². The molecule has 0 unspecified atom stereocenters. The van der Waals surface area contributed by atoms with E-state index in [1.54, 1.807) is 0 Å². The number of aryl methyl sites for hydroxylation is 1. The lowest BCUT2D eigenvalue weighted by Gasteiger charge is -2.37. The quantitative estimate of drug-likeness (QED) is 0.843. The van der Waals surface area contributed by atoms with Gasteiger partial charge < -0.3 is 5.32 Å². The molecule has 0 aromatic carbocycles. The first-order chi connectivity index (χ1) is 13.7. The van der Waals surface area contributed by atoms with Crippen molar-refractivity contribution in [3.05, 3.63) is 24.0 Å². The summed E-state index contributed by atoms with van der Waals surface area (Å²) in [5.74, 6) is 0.0839. The van der Waals surface area contributed by atoms with E-state index in [1.165, 1.54) is 32.1 Å². The molecule has 2 saturated carbocycles. The number of pyridine rings is 1. The molecule has 0 amide bonds. The first kappa shape index (κ1) is 17.5. The molecule has 7 heteroatoms. The monoisotopic (exact) mass is 378 g/mol. The molecule has 0 atom stereocenters. The summed E-state index contributed by atoms with van der Waals surface area (Å²) in [7, 11) is 0. The van der Waals surface area contributed by atoms with Crippen molar-refractivity contribution in [1.29, 1.82) is 5.26 Å². The first-order valence-corrected chi connectivity index (χ1v) is 10.4. The minimum absolute atomic E-state index is 0.0839. The predicted molar refractivity (Wildman–Crippen MR) is 107 cm³/mol. The van der Waals surface area contributed by atoms with Gasteiger partial charge in [-0.15, -0.1) is 0 Å². The van der Waals surface area contributed by atoms with Crippen molar-refractivity contribution in [2.24, 2.45) is 5.92 Å². The Kier molecular flexibility index (Phi) is 4.24. The van der Waals surface area contributed by atoms with Gasteiger partial charge in [0.15, 0.2) is 5.65 Å². The van der Waals surface area contributed by atoms with Crippen LogP contribution in [0, 0.1) is 17.2 Å². The average Bonchev–Trinajstić information content (AvgIpc) is 3.32. The van der Waals surface area contributed by atoms with E-state index >= 15 is 0 Å². The largest absolute Gasteiger partial charge is 0.381 e. The molecule has 28 heavy (non-hydrogen) atoms. The van der Waals surface area contributed by atoms with Gasteiger partial charge in [0.05, 0.1) is 35.0 Å². The van der Waals surface area contributed by atoms with Crippen molar-refractivity contribution >= 4 is 22.4 Å². The van der Waals surface area contributed by atoms with Crippen LogP contribution in [0.2, 0.25) is 0 Å². The highest BCUT2D eigenvalue weighted by Gasteiger charge is 2.48. The van der Waals surface area contributed by atoms with Gasteiger partial charge in [-0.3, -0.25) is 10.3 Å². The molecule has 3 aliphatic rings. The first-order valence-electron chi connectivity index (χ1n) is 10.4. The molecule has 3 heterocycles. The van der Waals surface area contributed by atoms with Gasteiger partial charge in [0.1, 0.15) is 5.60 Å². The molecule has 5 rings (SSSR count). The van der Waals surface area contributed by atoms with Crippen molar-refractivity contribution in [1.82, 2.24) is 20.2 Å². The highest BCUT2D eigenvalue weighted by molar-refractivity contribution is 5.95. The number of fused-ring (bicyclic) bond motifs is 1. The van der Waals surface area contributed by atoms with Crippen LogP contribution >= 0.6 is 0 Å². The van der Waals surface area contributed by atoms with Crippen molar-refractivity contribution in [2.45, 2.75) is 70.1 Å². The van der Waals surface area contributed by atoms with Crippen LogP contribution in [0.1, 0.15) is 57.4 Å². The van der Waals surface area contributed by atoms with Crippen LogP contribution in [-0.2, 0) is 11.4 Å². The lowest BCUT2D eigenvalue weighted by Crippen LogP contribution is -2.43. The third-order valence-corrected chi connectivity index (χ3v) is 6.35. The van der Waals surface area contributed by atoms with Crippen molar-refractivity contribution in [2.75, 3.05) is 5.32 Å². The number of hydroxylamine groups is 1. The Morgan fingerprint density at radius 1 is 1.32 bits per heavy atom. The second-order valence-electron chi connectivity index (χ2n) is 8.28. The normalized spacial score (nSPS) is 27.3. The zero-order chi connectivity index (χ0) is 19.1. The van der Waals surface area contributed by atoms with Crippen LogP contribution < -0.4 is 10.8 Å². The Balaban J connectivity index is 1.54. The maximum atomic E-state index is 9.11. The molecule has 2 N–H and O–H groups in total. The Morgan fingerprint density at radius 3 is 2.89 bits per heavy atom. The zero-order valence-electron chi connectivity index (χ0n) is 16.2. The van der Waals surface area contributed by atoms with Gasteiger partial charge >= 0.3 is 0 Å². The summed E-state index contributed by atoms with van der Waals surface area (Å²) in [5, 5.41) is 18.5. The van der Waals surface area contributed by atoms with Gasteiger partial charge in [0.25, 0.3) is 0 Å². The SMILES string of the molecule is CCn1ncc2c(NC3CCCCC3)c(C3=CC4(CC(C#N)C4)ON3)cnc21. The maximum absolute atomic E-state index is 9.11. The minimum Gasteiger partial charge on any atom is -0.381 e. The van der Waals surface area contributed by atoms with Crippen LogP contribution in [0.3, 0.4) is 0 Å². The number of nitrogens with zero attached hydrogens (tertiary/aromatic N) is 4. The van der Waals surface area contributed by atoms with Gasteiger partial charge in [-0.2, -0.15) is 10.4 Å². The number of aromatic nitrogens is 3. The molecule has 2 aromatic rings. The fraction of sp³-hybridized carbons (Fsp3) is 0.571. The predicted octanol–water partition coefficient (Wildman–Crippen LogP) is 3.74. The number of hydrogen-bond acceptors (Lipinski definition) is 6. The van der Waals surface area contributed by atoms with E-state index < -0.39 is 0 Å². The second kappa shape index (κ2) is 6.78. The third-order valence-electron chi connectivity index (χ3n) is 6.35. The summed E-state index contributed by atoms with van der Waals surface area (Å²) in [5.41, 5.74) is 6.73. The van der Waals surface area contributed by atoms with E-state index in [0.29, 0.717) is 6.04 Å². The number of rotatable bonds is 4. The zero-order valence-corrected chi connectivity index (χ0v) is 16.2. The number of hydrogen-bond donors (Lipinski definition) is 2. The van der Waals surface area contributed by atoms with Crippen molar-refractivity contribution in [3.8, 4) is 6.07 Å². The minimum atomic E-state index is -0.347. The topological polar surface area (TPSA) is 87.8 Å². The average molecular weight is 378 g/mol. The van der Waals surface area contributed by atoms with E-state index in [-0.39, 0.29) is 11.5 Å². The molecule has 0 radical (unpaired) electrons. The summed E-state index contributed by atoms with van der Waals surface area (Å²) in [4.78, 5) is 10.6. The van der Waals surface area contributed by atoms with Gasteiger partial charge in [0, 0.05) is 24.3 Å². The standard InChI is InChI=1S/C21H26N6O/c1-2-27-20-17(13-24-27)19(25-15-6-4-3-5-7-15)16(12-23-20)18-10-21(28-26-18)8-14(9-21)11-22/h10,12-15,26H,2-9H2,1H3,(H,23,25). The fourth-order valence-electron chi connectivity index (χ4n) is 4.75. The van der Waals surface area contributed by atoms with E-state index in [9.17, 15) is 0 Å². The molecule has 2 fully saturated rings. The Morgan fingerprint density at radius 2 is 2.14 bits per heavy atom. The van der Waals surface area contributed by atoms with E-state index in [0.717, 1.165) is 47.4 Å². The van der Waals surface area contributed by atoms with Crippen LogP contribution in [0.5, 0.6) is 0 Å². The summed E-state index contributed by atoms with van der Waals surface area (Å²) in [6, 6.07) is 2.81. The molecule has 2 aromatic heterocycles. The molecule has 0 saturated heterocycles. The van der Waals surface area contributed by atoms with Crippen molar-refractivity contribution < 1.29 is 4.84 Å². The van der Waals surface area contributed by atoms with E-state index in [2.05, 4.69) is 35.0 Å². The molecule has 1 aliphatic heterocycles. The second-order valence-corrected chi connectivity index (χ2v) is 8.28. The Labute approximate surface area is 164 Å². The van der Waals surface area contributed by atoms with Crippen LogP contribution in [0.15, 0.2) is 18.5 Å². The molecule has 146 valence electrons.